The van der Waals surface area contributed by atoms with Crippen LogP contribution in [0.2, 0.25) is 0 Å². The second kappa shape index (κ2) is 8.38. The first-order chi connectivity index (χ1) is 14.5. The topological polar surface area (TPSA) is 62.6 Å². The number of furan rings is 1. The summed E-state index contributed by atoms with van der Waals surface area (Å²) in [6, 6.07) is 18.7. The highest BCUT2D eigenvalue weighted by Gasteiger charge is 2.34. The Morgan fingerprint density at radius 3 is 2.57 bits per heavy atom. The van der Waals surface area contributed by atoms with Crippen LogP contribution < -0.4 is 10.2 Å². The third-order valence-electron chi connectivity index (χ3n) is 4.73. The summed E-state index contributed by atoms with van der Waals surface area (Å²) in [5.74, 6) is -0.00726. The lowest BCUT2D eigenvalue weighted by atomic mass is 10.1. The zero-order valence-corrected chi connectivity index (χ0v) is 18.4. The molecule has 0 atom stereocenters. The lowest BCUT2D eigenvalue weighted by Crippen LogP contribution is -2.54. The van der Waals surface area contributed by atoms with Crippen molar-refractivity contribution in [3.05, 3.63) is 82.0 Å². The number of aryl methyl sites for hydroxylation is 1. The molecule has 1 saturated heterocycles. The van der Waals surface area contributed by atoms with Gasteiger partial charge in [-0.25, -0.2) is 0 Å². The largest absolute Gasteiger partial charge is 0.457 e. The Hall–Kier alpha value is -3.03. The van der Waals surface area contributed by atoms with E-state index in [0.29, 0.717) is 17.2 Å². The van der Waals surface area contributed by atoms with E-state index in [9.17, 15) is 9.59 Å². The van der Waals surface area contributed by atoms with Crippen LogP contribution >= 0.6 is 28.1 Å². The van der Waals surface area contributed by atoms with Crippen LogP contribution in [0.3, 0.4) is 0 Å². The first-order valence-corrected chi connectivity index (χ1v) is 10.5. The minimum atomic E-state index is -0.549. The zero-order chi connectivity index (χ0) is 21.3. The number of amides is 2. The Morgan fingerprint density at radius 2 is 1.87 bits per heavy atom. The number of anilines is 1. The van der Waals surface area contributed by atoms with Crippen LogP contribution in [0.1, 0.15) is 18.2 Å². The average molecular weight is 481 g/mol. The second-order valence-corrected chi connectivity index (χ2v) is 7.99. The Kier molecular flexibility index (Phi) is 5.65. The van der Waals surface area contributed by atoms with Gasteiger partial charge in [0.1, 0.15) is 17.1 Å². The maximum absolute atomic E-state index is 13.1. The van der Waals surface area contributed by atoms with Crippen LogP contribution in [0.15, 0.2) is 75.1 Å². The molecule has 2 heterocycles. The van der Waals surface area contributed by atoms with E-state index in [1.807, 2.05) is 48.5 Å². The maximum Gasteiger partial charge on any atom is 0.270 e. The smallest absolute Gasteiger partial charge is 0.270 e. The molecule has 1 aliphatic heterocycles. The summed E-state index contributed by atoms with van der Waals surface area (Å²) < 4.78 is 6.77. The molecule has 0 spiro atoms. The first kappa shape index (κ1) is 20.3. The van der Waals surface area contributed by atoms with Gasteiger partial charge in [-0.05, 0) is 66.7 Å². The van der Waals surface area contributed by atoms with Gasteiger partial charge in [0.15, 0.2) is 5.11 Å². The molecule has 0 bridgehead atoms. The third kappa shape index (κ3) is 3.99. The molecule has 0 saturated carbocycles. The quantitative estimate of drug-likeness (QED) is 0.320. The van der Waals surface area contributed by atoms with E-state index in [2.05, 4.69) is 28.2 Å². The fraction of sp³-hybridized carbons (Fsp3) is 0.0870. The van der Waals surface area contributed by atoms with E-state index in [0.717, 1.165) is 22.0 Å². The van der Waals surface area contributed by atoms with Crippen molar-refractivity contribution < 1.29 is 14.0 Å². The summed E-state index contributed by atoms with van der Waals surface area (Å²) >= 11 is 8.68. The predicted molar refractivity (Wildman–Crippen MR) is 124 cm³/mol. The highest BCUT2D eigenvalue weighted by Crippen LogP contribution is 2.27. The van der Waals surface area contributed by atoms with Crippen molar-refractivity contribution in [1.82, 2.24) is 5.32 Å². The number of nitrogens with one attached hydrogen (secondary N) is 1. The number of thiocarbonyl (C=S) groups is 1. The van der Waals surface area contributed by atoms with Crippen molar-refractivity contribution in [2.45, 2.75) is 13.3 Å². The molecular formula is C23H17BrN2O3S. The van der Waals surface area contributed by atoms with Gasteiger partial charge in [-0.1, -0.05) is 47.1 Å². The Balaban J connectivity index is 1.66. The lowest BCUT2D eigenvalue weighted by molar-refractivity contribution is -0.122. The third-order valence-corrected chi connectivity index (χ3v) is 5.50. The van der Waals surface area contributed by atoms with Gasteiger partial charge >= 0.3 is 0 Å². The van der Waals surface area contributed by atoms with Gasteiger partial charge in [-0.2, -0.15) is 0 Å². The number of hydrogen-bond acceptors (Lipinski definition) is 4. The molecule has 150 valence electrons. The van der Waals surface area contributed by atoms with Gasteiger partial charge in [0.2, 0.25) is 0 Å². The summed E-state index contributed by atoms with van der Waals surface area (Å²) in [5.41, 5.74) is 2.58. The van der Waals surface area contributed by atoms with Crippen LogP contribution in [-0.4, -0.2) is 16.9 Å². The molecule has 1 aliphatic rings. The van der Waals surface area contributed by atoms with Gasteiger partial charge < -0.3 is 4.42 Å². The molecular weight excluding hydrogens is 464 g/mol. The number of hydrogen-bond donors (Lipinski definition) is 1. The van der Waals surface area contributed by atoms with Gasteiger partial charge in [0.25, 0.3) is 11.8 Å². The summed E-state index contributed by atoms with van der Waals surface area (Å²) in [6.45, 7) is 2.05. The lowest BCUT2D eigenvalue weighted by Gasteiger charge is -2.28. The average Bonchev–Trinajstić information content (AvgIpc) is 3.20. The molecule has 30 heavy (non-hydrogen) atoms. The molecule has 3 aromatic rings. The molecule has 1 aromatic heterocycles. The van der Waals surface area contributed by atoms with E-state index in [4.69, 9.17) is 16.6 Å². The van der Waals surface area contributed by atoms with E-state index in [1.165, 1.54) is 11.0 Å². The monoisotopic (exact) mass is 480 g/mol. The van der Waals surface area contributed by atoms with E-state index in [1.54, 1.807) is 12.1 Å². The normalized spacial score (nSPS) is 15.6. The van der Waals surface area contributed by atoms with Crippen molar-refractivity contribution in [3.63, 3.8) is 0 Å². The zero-order valence-electron chi connectivity index (χ0n) is 16.0. The molecule has 1 fully saturated rings. The number of rotatable bonds is 4. The van der Waals surface area contributed by atoms with Gasteiger partial charge in [-0.3, -0.25) is 19.8 Å². The van der Waals surface area contributed by atoms with Crippen molar-refractivity contribution in [2.75, 3.05) is 4.90 Å². The molecule has 0 radical (unpaired) electrons. The minimum absolute atomic E-state index is 0.0432. The highest BCUT2D eigenvalue weighted by atomic mass is 79.9. The second-order valence-electron chi connectivity index (χ2n) is 6.69. The van der Waals surface area contributed by atoms with Crippen LogP contribution in [0.25, 0.3) is 17.4 Å². The van der Waals surface area contributed by atoms with Crippen molar-refractivity contribution in [2.24, 2.45) is 0 Å². The summed E-state index contributed by atoms with van der Waals surface area (Å²) in [5, 5.41) is 2.64. The number of carbonyl (C=O) groups is 2. The van der Waals surface area contributed by atoms with E-state index in [-0.39, 0.29) is 10.7 Å². The fourth-order valence-electron chi connectivity index (χ4n) is 3.14. The first-order valence-electron chi connectivity index (χ1n) is 9.32. The number of carbonyl (C=O) groups excluding carboxylic acids is 2. The van der Waals surface area contributed by atoms with Gasteiger partial charge in [0.05, 0.1) is 5.69 Å². The molecule has 2 amide bonds. The maximum atomic E-state index is 13.1. The summed E-state index contributed by atoms with van der Waals surface area (Å²) in [7, 11) is 0. The van der Waals surface area contributed by atoms with Crippen LogP contribution in [0.5, 0.6) is 0 Å². The summed E-state index contributed by atoms with van der Waals surface area (Å²) in [6.07, 6.45) is 2.33. The van der Waals surface area contributed by atoms with E-state index >= 15 is 0 Å². The SMILES string of the molecule is CCc1ccc(N2C(=O)/C(=C/c3ccc(-c4cccc(Br)c4)o3)C(=O)NC2=S)cc1. The van der Waals surface area contributed by atoms with Crippen LogP contribution in [0.4, 0.5) is 5.69 Å². The molecule has 7 heteroatoms. The minimum Gasteiger partial charge on any atom is -0.457 e. The molecule has 4 rings (SSSR count). The van der Waals surface area contributed by atoms with Gasteiger partial charge in [-0.15, -0.1) is 0 Å². The van der Waals surface area contributed by atoms with Crippen LogP contribution in [-0.2, 0) is 16.0 Å². The van der Waals surface area contributed by atoms with Crippen molar-refractivity contribution in [1.29, 1.82) is 0 Å². The molecule has 1 N–H and O–H groups in total. The van der Waals surface area contributed by atoms with Gasteiger partial charge in [0, 0.05) is 10.0 Å². The molecule has 0 aliphatic carbocycles. The van der Waals surface area contributed by atoms with E-state index < -0.39 is 11.8 Å². The van der Waals surface area contributed by atoms with Crippen LogP contribution in [0, 0.1) is 0 Å². The standard InChI is InChI=1S/C23H17BrN2O3S/c1-2-14-6-8-17(9-7-14)26-22(28)19(21(27)25-23(26)30)13-18-10-11-20(29-18)15-4-3-5-16(24)12-15/h3-13H,2H2,1H3,(H,25,27,30)/b19-13+. The van der Waals surface area contributed by atoms with Crippen molar-refractivity contribution >= 4 is 56.8 Å². The molecule has 2 aromatic carbocycles. The Labute approximate surface area is 187 Å². The molecule has 0 unspecified atom stereocenters. The highest BCUT2D eigenvalue weighted by molar-refractivity contribution is 9.10. The Bertz CT molecular complexity index is 1180. The fourth-order valence-corrected chi connectivity index (χ4v) is 3.82. The number of halogens is 1. The Morgan fingerprint density at radius 1 is 1.10 bits per heavy atom. The number of nitrogens with zero attached hydrogens (tertiary/aromatic N) is 1. The summed E-state index contributed by atoms with van der Waals surface area (Å²) in [4.78, 5) is 26.9. The predicted octanol–water partition coefficient (Wildman–Crippen LogP) is 5.10. The molecule has 5 nitrogen and oxygen atoms in total. The van der Waals surface area contributed by atoms with Crippen molar-refractivity contribution in [3.8, 4) is 11.3 Å². The number of benzene rings is 2.